The largest absolute Gasteiger partial charge is 0.483 e. The second-order valence-corrected chi connectivity index (χ2v) is 6.28. The third-order valence-corrected chi connectivity index (χ3v) is 4.92. The van der Waals surface area contributed by atoms with E-state index in [1.807, 2.05) is 30.3 Å². The number of pyridine rings is 1. The Bertz CT molecular complexity index is 744. The number of rotatable bonds is 1. The van der Waals surface area contributed by atoms with Crippen LogP contribution in [0.15, 0.2) is 36.5 Å². The monoisotopic (exact) mass is 327 g/mol. The van der Waals surface area contributed by atoms with E-state index in [-0.39, 0.29) is 12.4 Å². The molecule has 0 aliphatic carbocycles. The predicted octanol–water partition coefficient (Wildman–Crippen LogP) is 1.85. The molecule has 0 spiro atoms. The lowest BCUT2D eigenvalue weighted by Crippen LogP contribution is -2.42. The van der Waals surface area contributed by atoms with Crippen LogP contribution in [0.4, 0.5) is 5.82 Å². The second kappa shape index (κ2) is 6.86. The molecule has 0 bridgehead atoms. The number of fused-ring (bicyclic) bond motifs is 2. The summed E-state index contributed by atoms with van der Waals surface area (Å²) in [5.74, 6) is 1.95. The number of hydrogen-bond donors (Lipinski definition) is 1. The van der Waals surface area contributed by atoms with Gasteiger partial charge >= 0.3 is 0 Å². The number of carboxylic acid groups (broad SMARTS) is 1. The van der Waals surface area contributed by atoms with Crippen molar-refractivity contribution >= 4 is 29.0 Å². The van der Waals surface area contributed by atoms with Gasteiger partial charge in [-0.1, -0.05) is 24.3 Å². The molecule has 2 fully saturated rings. The van der Waals surface area contributed by atoms with Crippen molar-refractivity contribution in [3.63, 3.8) is 0 Å². The highest BCUT2D eigenvalue weighted by Crippen LogP contribution is 2.35. The van der Waals surface area contributed by atoms with Crippen LogP contribution < -0.4 is 4.90 Å². The molecule has 6 nitrogen and oxygen atoms in total. The molecule has 1 aromatic heterocycles. The van der Waals surface area contributed by atoms with Gasteiger partial charge in [-0.2, -0.15) is 0 Å². The fraction of sp³-hybridized carbons (Fsp3) is 0.389. The number of piperidine rings is 1. The zero-order chi connectivity index (χ0) is 17.1. The third-order valence-electron chi connectivity index (χ3n) is 4.92. The van der Waals surface area contributed by atoms with E-state index in [4.69, 9.17) is 9.90 Å². The number of anilines is 1. The van der Waals surface area contributed by atoms with Crippen molar-refractivity contribution in [3.8, 4) is 0 Å². The van der Waals surface area contributed by atoms with Crippen LogP contribution in [0.5, 0.6) is 0 Å². The van der Waals surface area contributed by atoms with Gasteiger partial charge in [-0.15, -0.1) is 0 Å². The molecule has 1 N–H and O–H groups in total. The van der Waals surface area contributed by atoms with Crippen molar-refractivity contribution in [2.24, 2.45) is 11.8 Å². The van der Waals surface area contributed by atoms with Crippen molar-refractivity contribution in [3.05, 3.63) is 36.5 Å². The van der Waals surface area contributed by atoms with E-state index < -0.39 is 0 Å². The van der Waals surface area contributed by atoms with Crippen LogP contribution in [0.2, 0.25) is 0 Å². The standard InChI is InChI=1S/C17H19N3O.CH2O2/c1-19-9-7-13-10-20(11-15(13)17(19)21)16-14-5-3-2-4-12(14)6-8-18-16;2-1-3/h2-6,8,13,15H,7,9-11H2,1H3;1H,(H,2,3)/t13-,15+;/m1./s1. The number of likely N-dealkylation sites (tertiary alicyclic amines) is 1. The summed E-state index contributed by atoms with van der Waals surface area (Å²) in [5.41, 5.74) is 0. The van der Waals surface area contributed by atoms with Gasteiger partial charge < -0.3 is 14.9 Å². The highest BCUT2D eigenvalue weighted by atomic mass is 16.3. The van der Waals surface area contributed by atoms with E-state index in [0.717, 1.165) is 31.9 Å². The lowest BCUT2D eigenvalue weighted by molar-refractivity contribution is -0.137. The molecule has 24 heavy (non-hydrogen) atoms. The molecule has 3 heterocycles. The van der Waals surface area contributed by atoms with Crippen LogP contribution in [0, 0.1) is 11.8 Å². The molecule has 126 valence electrons. The van der Waals surface area contributed by atoms with E-state index in [0.29, 0.717) is 11.8 Å². The Kier molecular flexibility index (Phi) is 4.64. The molecule has 6 heteroatoms. The van der Waals surface area contributed by atoms with Gasteiger partial charge in [0, 0.05) is 38.3 Å². The molecule has 2 aromatic rings. The fourth-order valence-electron chi connectivity index (χ4n) is 3.72. The van der Waals surface area contributed by atoms with E-state index in [9.17, 15) is 4.79 Å². The molecule has 2 aliphatic rings. The molecular formula is C18H21N3O3. The maximum absolute atomic E-state index is 12.3. The fourth-order valence-corrected chi connectivity index (χ4v) is 3.72. The van der Waals surface area contributed by atoms with Crippen LogP contribution in [0.1, 0.15) is 6.42 Å². The van der Waals surface area contributed by atoms with Gasteiger partial charge in [0.1, 0.15) is 5.82 Å². The summed E-state index contributed by atoms with van der Waals surface area (Å²) in [6, 6.07) is 10.4. The van der Waals surface area contributed by atoms with Crippen molar-refractivity contribution in [2.75, 3.05) is 31.6 Å². The molecule has 2 saturated heterocycles. The molecule has 1 aromatic carbocycles. The molecule has 2 atom stereocenters. The lowest BCUT2D eigenvalue weighted by atomic mass is 9.88. The van der Waals surface area contributed by atoms with E-state index >= 15 is 0 Å². The second-order valence-electron chi connectivity index (χ2n) is 6.28. The van der Waals surface area contributed by atoms with Gasteiger partial charge in [0.05, 0.1) is 5.92 Å². The summed E-state index contributed by atoms with van der Waals surface area (Å²) < 4.78 is 0. The average molecular weight is 327 g/mol. The van der Waals surface area contributed by atoms with Gasteiger partial charge in [-0.3, -0.25) is 9.59 Å². The normalized spacial score (nSPS) is 22.8. The third kappa shape index (κ3) is 2.91. The van der Waals surface area contributed by atoms with Crippen molar-refractivity contribution < 1.29 is 14.7 Å². The van der Waals surface area contributed by atoms with Gasteiger partial charge in [0.2, 0.25) is 5.91 Å². The Balaban J connectivity index is 0.000000526. The first-order valence-corrected chi connectivity index (χ1v) is 8.07. The summed E-state index contributed by atoms with van der Waals surface area (Å²) in [5, 5.41) is 9.28. The maximum Gasteiger partial charge on any atom is 0.290 e. The van der Waals surface area contributed by atoms with Crippen LogP contribution in [-0.2, 0) is 9.59 Å². The highest BCUT2D eigenvalue weighted by molar-refractivity contribution is 5.92. The SMILES string of the molecule is CN1CC[C@@H]2CN(c3nccc4ccccc34)C[C@@H]2C1=O.O=CO. The van der Waals surface area contributed by atoms with Crippen LogP contribution in [-0.4, -0.2) is 54.1 Å². The number of carbonyl (C=O) groups excluding carboxylic acids is 1. The van der Waals surface area contributed by atoms with Gasteiger partial charge in [-0.05, 0) is 23.8 Å². The zero-order valence-corrected chi connectivity index (χ0v) is 13.6. The van der Waals surface area contributed by atoms with Crippen molar-refractivity contribution in [1.29, 1.82) is 0 Å². The van der Waals surface area contributed by atoms with Crippen LogP contribution in [0.25, 0.3) is 10.8 Å². The van der Waals surface area contributed by atoms with Crippen molar-refractivity contribution in [1.82, 2.24) is 9.88 Å². The number of benzene rings is 1. The topological polar surface area (TPSA) is 73.7 Å². The summed E-state index contributed by atoms with van der Waals surface area (Å²) in [6.45, 7) is 2.39. The Morgan fingerprint density at radius 2 is 2.00 bits per heavy atom. The van der Waals surface area contributed by atoms with E-state index in [1.54, 1.807) is 0 Å². The van der Waals surface area contributed by atoms with Crippen LogP contribution >= 0.6 is 0 Å². The first-order chi connectivity index (χ1) is 11.7. The smallest absolute Gasteiger partial charge is 0.290 e. The Labute approximate surface area is 140 Å². The highest BCUT2D eigenvalue weighted by Gasteiger charge is 2.42. The quantitative estimate of drug-likeness (QED) is 0.809. The van der Waals surface area contributed by atoms with E-state index in [2.05, 4.69) is 28.1 Å². The van der Waals surface area contributed by atoms with E-state index in [1.165, 1.54) is 10.8 Å². The number of carbonyl (C=O) groups is 2. The van der Waals surface area contributed by atoms with Gasteiger partial charge in [0.15, 0.2) is 0 Å². The predicted molar refractivity (Wildman–Crippen MR) is 91.9 cm³/mol. The molecule has 0 unspecified atom stereocenters. The number of aromatic nitrogens is 1. The first-order valence-electron chi connectivity index (χ1n) is 8.07. The summed E-state index contributed by atoms with van der Waals surface area (Å²) in [6.07, 6.45) is 2.97. The van der Waals surface area contributed by atoms with Crippen LogP contribution in [0.3, 0.4) is 0 Å². The molecule has 0 saturated carbocycles. The Morgan fingerprint density at radius 1 is 1.25 bits per heavy atom. The van der Waals surface area contributed by atoms with Gasteiger partial charge in [-0.25, -0.2) is 4.98 Å². The number of nitrogens with zero attached hydrogens (tertiary/aromatic N) is 3. The average Bonchev–Trinajstić information content (AvgIpc) is 3.03. The zero-order valence-electron chi connectivity index (χ0n) is 13.6. The Hall–Kier alpha value is -2.63. The minimum absolute atomic E-state index is 0.143. The first kappa shape index (κ1) is 16.2. The number of amides is 1. The lowest BCUT2D eigenvalue weighted by Gasteiger charge is -2.30. The molecular weight excluding hydrogens is 306 g/mol. The molecule has 1 amide bonds. The van der Waals surface area contributed by atoms with Gasteiger partial charge in [0.25, 0.3) is 6.47 Å². The molecule has 2 aliphatic heterocycles. The molecule has 0 radical (unpaired) electrons. The summed E-state index contributed by atoms with van der Waals surface area (Å²) in [4.78, 5) is 29.5. The number of hydrogen-bond acceptors (Lipinski definition) is 4. The summed E-state index contributed by atoms with van der Waals surface area (Å²) in [7, 11) is 1.91. The molecule has 4 rings (SSSR count). The summed E-state index contributed by atoms with van der Waals surface area (Å²) >= 11 is 0. The minimum atomic E-state index is -0.250. The van der Waals surface area contributed by atoms with Crippen molar-refractivity contribution in [2.45, 2.75) is 6.42 Å². The maximum atomic E-state index is 12.3. The Morgan fingerprint density at radius 3 is 2.79 bits per heavy atom. The minimum Gasteiger partial charge on any atom is -0.483 e.